The molecule has 9 heteroatoms. The van der Waals surface area contributed by atoms with Crippen LogP contribution in [0.3, 0.4) is 0 Å². The minimum absolute atomic E-state index is 0.140. The van der Waals surface area contributed by atoms with Crippen molar-refractivity contribution in [1.82, 2.24) is 30.2 Å². The van der Waals surface area contributed by atoms with E-state index in [9.17, 15) is 9.59 Å². The van der Waals surface area contributed by atoms with Gasteiger partial charge in [0, 0.05) is 38.6 Å². The van der Waals surface area contributed by atoms with Crippen molar-refractivity contribution in [3.05, 3.63) is 52.3 Å². The van der Waals surface area contributed by atoms with Gasteiger partial charge in [-0.15, -0.1) is 0 Å². The molecule has 1 aromatic carbocycles. The fourth-order valence-corrected chi connectivity index (χ4v) is 3.38. The molecule has 1 fully saturated rings. The normalized spacial score (nSPS) is 15.6. The Labute approximate surface area is 161 Å². The van der Waals surface area contributed by atoms with Crippen LogP contribution in [-0.2, 0) is 0 Å². The van der Waals surface area contributed by atoms with Gasteiger partial charge in [-0.05, 0) is 31.5 Å². The number of nitrogens with zero attached hydrogens (tertiary/aromatic N) is 4. The lowest BCUT2D eigenvalue weighted by atomic mass is 10.2. The van der Waals surface area contributed by atoms with E-state index in [2.05, 4.69) is 25.3 Å². The fourth-order valence-electron chi connectivity index (χ4n) is 3.38. The number of fused-ring (bicyclic) bond motifs is 1. The Morgan fingerprint density at radius 2 is 2.04 bits per heavy atom. The van der Waals surface area contributed by atoms with Crippen molar-refractivity contribution < 1.29 is 4.79 Å². The molecule has 2 amide bonds. The van der Waals surface area contributed by atoms with Gasteiger partial charge in [0.1, 0.15) is 5.82 Å². The van der Waals surface area contributed by atoms with Gasteiger partial charge in [-0.1, -0.05) is 6.07 Å². The van der Waals surface area contributed by atoms with Crippen molar-refractivity contribution in [1.29, 1.82) is 0 Å². The molecule has 0 radical (unpaired) electrons. The standard InChI is InChI=1S/C19H23N7O2/c1-12-3-4-14-15(11-12)24-16(23-14)13(2)22-19(28)26-9-7-25(8-10-26)17-18(27)21-6-5-20-17/h3-6,11,13H,7-10H2,1-2H3,(H,21,27)(H,22,28)(H,23,24)/t13-/m1/s1. The molecule has 0 unspecified atom stereocenters. The molecule has 1 atom stereocenters. The largest absolute Gasteiger partial charge is 0.348 e. The van der Waals surface area contributed by atoms with Crippen molar-refractivity contribution in [2.45, 2.75) is 19.9 Å². The Morgan fingerprint density at radius 3 is 2.79 bits per heavy atom. The predicted octanol–water partition coefficient (Wildman–Crippen LogP) is 1.55. The highest BCUT2D eigenvalue weighted by molar-refractivity contribution is 5.77. The molecular formula is C19H23N7O2. The minimum Gasteiger partial charge on any atom is -0.348 e. The molecule has 3 heterocycles. The first-order valence-electron chi connectivity index (χ1n) is 9.31. The maximum absolute atomic E-state index is 12.6. The molecule has 2 aromatic heterocycles. The van der Waals surface area contributed by atoms with E-state index >= 15 is 0 Å². The lowest BCUT2D eigenvalue weighted by Gasteiger charge is -2.35. The highest BCUT2D eigenvalue weighted by atomic mass is 16.2. The van der Waals surface area contributed by atoms with Gasteiger partial charge in [-0.3, -0.25) is 4.79 Å². The second-order valence-corrected chi connectivity index (χ2v) is 7.03. The summed E-state index contributed by atoms with van der Waals surface area (Å²) in [4.78, 5) is 42.8. The number of rotatable bonds is 3. The minimum atomic E-state index is -0.239. The zero-order chi connectivity index (χ0) is 19.7. The van der Waals surface area contributed by atoms with Gasteiger partial charge in [-0.2, -0.15) is 0 Å². The Hall–Kier alpha value is -3.36. The number of H-pyrrole nitrogens is 2. The molecule has 0 saturated carbocycles. The number of carbonyl (C=O) groups excluding carboxylic acids is 1. The summed E-state index contributed by atoms with van der Waals surface area (Å²) in [5.74, 6) is 1.13. The van der Waals surface area contributed by atoms with Crippen molar-refractivity contribution >= 4 is 22.9 Å². The summed E-state index contributed by atoms with van der Waals surface area (Å²) < 4.78 is 0. The van der Waals surface area contributed by atoms with Crippen molar-refractivity contribution in [3.8, 4) is 0 Å². The lowest BCUT2D eigenvalue weighted by Crippen LogP contribution is -2.53. The first-order chi connectivity index (χ1) is 13.5. The average molecular weight is 381 g/mol. The Bertz CT molecular complexity index is 1050. The number of nitrogens with one attached hydrogen (secondary N) is 3. The number of urea groups is 1. The number of aromatic amines is 2. The lowest BCUT2D eigenvalue weighted by molar-refractivity contribution is 0.190. The first kappa shape index (κ1) is 18.0. The number of piperazine rings is 1. The van der Waals surface area contributed by atoms with Gasteiger partial charge in [-0.25, -0.2) is 14.8 Å². The molecular weight excluding hydrogens is 358 g/mol. The number of hydrogen-bond donors (Lipinski definition) is 3. The van der Waals surface area contributed by atoms with Crippen molar-refractivity contribution in [3.63, 3.8) is 0 Å². The Morgan fingerprint density at radius 1 is 1.25 bits per heavy atom. The second kappa shape index (κ2) is 7.34. The van der Waals surface area contributed by atoms with E-state index in [-0.39, 0.29) is 17.6 Å². The smallest absolute Gasteiger partial charge is 0.318 e. The topological polar surface area (TPSA) is 110 Å². The molecule has 1 saturated heterocycles. The number of anilines is 1. The quantitative estimate of drug-likeness (QED) is 0.638. The molecule has 3 aromatic rings. The molecule has 4 rings (SSSR count). The van der Waals surface area contributed by atoms with Crippen LogP contribution in [0.1, 0.15) is 24.4 Å². The Balaban J connectivity index is 1.37. The third-order valence-corrected chi connectivity index (χ3v) is 4.96. The summed E-state index contributed by atoms with van der Waals surface area (Å²) in [7, 11) is 0. The van der Waals surface area contributed by atoms with Crippen LogP contribution in [0.5, 0.6) is 0 Å². The number of carbonyl (C=O) groups is 1. The molecule has 28 heavy (non-hydrogen) atoms. The highest BCUT2D eigenvalue weighted by Gasteiger charge is 2.24. The summed E-state index contributed by atoms with van der Waals surface area (Å²) in [6.07, 6.45) is 3.07. The summed E-state index contributed by atoms with van der Waals surface area (Å²) in [5.41, 5.74) is 2.79. The molecule has 9 nitrogen and oxygen atoms in total. The van der Waals surface area contributed by atoms with Crippen LogP contribution in [0.15, 0.2) is 35.4 Å². The number of amides is 2. The van der Waals surface area contributed by atoms with Crippen LogP contribution in [0.4, 0.5) is 10.6 Å². The van der Waals surface area contributed by atoms with Gasteiger partial charge in [0.15, 0.2) is 5.82 Å². The van der Waals surface area contributed by atoms with Gasteiger partial charge in [0.2, 0.25) is 0 Å². The zero-order valence-electron chi connectivity index (χ0n) is 15.9. The van der Waals surface area contributed by atoms with E-state index in [0.717, 1.165) is 22.4 Å². The van der Waals surface area contributed by atoms with Crippen LogP contribution in [0, 0.1) is 6.92 Å². The van der Waals surface area contributed by atoms with Crippen LogP contribution in [0.2, 0.25) is 0 Å². The predicted molar refractivity (Wildman–Crippen MR) is 106 cm³/mol. The Kier molecular flexibility index (Phi) is 4.72. The number of aryl methyl sites for hydroxylation is 1. The van der Waals surface area contributed by atoms with Crippen LogP contribution in [0.25, 0.3) is 11.0 Å². The summed E-state index contributed by atoms with van der Waals surface area (Å²) in [6, 6.07) is 5.65. The van der Waals surface area contributed by atoms with Crippen LogP contribution >= 0.6 is 0 Å². The summed E-state index contributed by atoms with van der Waals surface area (Å²) >= 11 is 0. The number of benzene rings is 1. The van der Waals surface area contributed by atoms with E-state index in [4.69, 9.17) is 0 Å². The SMILES string of the molecule is Cc1ccc2nc([C@@H](C)NC(=O)N3CCN(c4ncc[nH]c4=O)CC3)[nH]c2c1. The van der Waals surface area contributed by atoms with Gasteiger partial charge in [0.25, 0.3) is 5.56 Å². The van der Waals surface area contributed by atoms with Crippen molar-refractivity contribution in [2.24, 2.45) is 0 Å². The van der Waals surface area contributed by atoms with E-state index < -0.39 is 0 Å². The number of aromatic nitrogens is 4. The maximum atomic E-state index is 12.6. The first-order valence-corrected chi connectivity index (χ1v) is 9.31. The molecule has 3 N–H and O–H groups in total. The number of imidazole rings is 1. The van der Waals surface area contributed by atoms with E-state index in [1.54, 1.807) is 11.1 Å². The van der Waals surface area contributed by atoms with Gasteiger partial charge in [0.05, 0.1) is 17.1 Å². The van der Waals surface area contributed by atoms with Crippen molar-refractivity contribution in [2.75, 3.05) is 31.1 Å². The third-order valence-electron chi connectivity index (χ3n) is 4.96. The van der Waals surface area contributed by atoms with E-state index in [1.165, 1.54) is 6.20 Å². The monoisotopic (exact) mass is 381 g/mol. The molecule has 0 aliphatic carbocycles. The molecule has 0 spiro atoms. The maximum Gasteiger partial charge on any atom is 0.318 e. The second-order valence-electron chi connectivity index (χ2n) is 7.03. The zero-order valence-corrected chi connectivity index (χ0v) is 15.9. The third kappa shape index (κ3) is 3.55. The molecule has 1 aliphatic rings. The van der Waals surface area contributed by atoms with Crippen LogP contribution < -0.4 is 15.8 Å². The molecule has 146 valence electrons. The molecule has 1 aliphatic heterocycles. The number of hydrogen-bond acceptors (Lipinski definition) is 5. The van der Waals surface area contributed by atoms with E-state index in [1.807, 2.05) is 36.9 Å². The van der Waals surface area contributed by atoms with Gasteiger partial charge >= 0.3 is 6.03 Å². The highest BCUT2D eigenvalue weighted by Crippen LogP contribution is 2.18. The fraction of sp³-hybridized carbons (Fsp3) is 0.368. The van der Waals surface area contributed by atoms with E-state index in [0.29, 0.717) is 32.0 Å². The van der Waals surface area contributed by atoms with Gasteiger partial charge < -0.3 is 25.1 Å². The van der Waals surface area contributed by atoms with Crippen LogP contribution in [-0.4, -0.2) is 57.0 Å². The summed E-state index contributed by atoms with van der Waals surface area (Å²) in [5, 5.41) is 3.00. The average Bonchev–Trinajstić information content (AvgIpc) is 3.12. The summed E-state index contributed by atoms with van der Waals surface area (Å²) in [6.45, 7) is 6.11. The molecule has 0 bridgehead atoms.